The first-order valence-corrected chi connectivity index (χ1v) is 12.5. The molecular weight excluding hydrogens is 461 g/mol. The van der Waals surface area contributed by atoms with Crippen LogP contribution in [0.15, 0.2) is 42.5 Å². The molecule has 0 bridgehead atoms. The van der Waals surface area contributed by atoms with Crippen LogP contribution in [0.4, 0.5) is 17.1 Å². The third kappa shape index (κ3) is 6.49. The van der Waals surface area contributed by atoms with Gasteiger partial charge < -0.3 is 5.32 Å². The minimum atomic E-state index is -3.81. The minimum absolute atomic E-state index is 0.144. The summed E-state index contributed by atoms with van der Waals surface area (Å²) in [7, 11) is -5.91. The van der Waals surface area contributed by atoms with Gasteiger partial charge in [0.15, 0.2) is 0 Å². The summed E-state index contributed by atoms with van der Waals surface area (Å²) < 4.78 is 49.6. The Balaban J connectivity index is 2.26. The minimum Gasteiger partial charge on any atom is -0.324 e. The molecule has 12 heteroatoms. The summed E-state index contributed by atoms with van der Waals surface area (Å²) in [6.07, 6.45) is 2.01. The molecule has 29 heavy (non-hydrogen) atoms. The van der Waals surface area contributed by atoms with Crippen molar-refractivity contribution in [3.8, 4) is 0 Å². The molecule has 0 heterocycles. The molecule has 0 fully saturated rings. The van der Waals surface area contributed by atoms with E-state index >= 15 is 0 Å². The molecule has 0 aromatic heterocycles. The van der Waals surface area contributed by atoms with E-state index in [0.717, 1.165) is 21.1 Å². The molecule has 0 atom stereocenters. The highest BCUT2D eigenvalue weighted by Crippen LogP contribution is 2.27. The van der Waals surface area contributed by atoms with Crippen molar-refractivity contribution in [2.24, 2.45) is 0 Å². The molecule has 1 amide bonds. The van der Waals surface area contributed by atoms with E-state index in [1.165, 1.54) is 31.3 Å². The van der Waals surface area contributed by atoms with Crippen LogP contribution < -0.4 is 13.9 Å². The number of benzene rings is 2. The Bertz CT molecular complexity index is 1120. The van der Waals surface area contributed by atoms with E-state index in [-0.39, 0.29) is 15.7 Å². The lowest BCUT2D eigenvalue weighted by atomic mass is 10.2. The fraction of sp³-hybridized carbons (Fsp3) is 0.235. The highest BCUT2D eigenvalue weighted by Gasteiger charge is 2.22. The van der Waals surface area contributed by atoms with Crippen LogP contribution in [0.5, 0.6) is 0 Å². The predicted octanol–water partition coefficient (Wildman–Crippen LogP) is 2.79. The van der Waals surface area contributed by atoms with E-state index < -0.39 is 32.5 Å². The van der Waals surface area contributed by atoms with Crippen molar-refractivity contribution in [2.75, 3.05) is 40.0 Å². The Kier molecular flexibility index (Phi) is 7.05. The van der Waals surface area contributed by atoms with Gasteiger partial charge in [-0.2, -0.15) is 0 Å². The van der Waals surface area contributed by atoms with Crippen LogP contribution in [0.3, 0.4) is 0 Å². The van der Waals surface area contributed by atoms with Gasteiger partial charge in [-0.05, 0) is 36.4 Å². The number of hydrogen-bond donors (Lipinski definition) is 1. The molecule has 8 nitrogen and oxygen atoms in total. The number of carbonyl (C=O) groups excluding carboxylic acids is 1. The second-order valence-corrected chi connectivity index (χ2v) is 11.0. The summed E-state index contributed by atoms with van der Waals surface area (Å²) in [5.41, 5.74) is 0.790. The standard InChI is InChI=1S/C17H19Cl2N3O5S2/c1-21(28(2,24)25)15-6-4-5-14(10-15)20-17(23)11-22(29(3,26)27)16-8-12(18)7-13(19)9-16/h4-10H,11H2,1-3H3,(H,20,23). The number of anilines is 3. The van der Waals surface area contributed by atoms with Crippen LogP contribution in [0.2, 0.25) is 10.0 Å². The number of carbonyl (C=O) groups is 1. The van der Waals surface area contributed by atoms with Gasteiger partial charge >= 0.3 is 0 Å². The smallest absolute Gasteiger partial charge is 0.245 e. The van der Waals surface area contributed by atoms with Crippen molar-refractivity contribution in [3.05, 3.63) is 52.5 Å². The fourth-order valence-electron chi connectivity index (χ4n) is 2.39. The van der Waals surface area contributed by atoms with Gasteiger partial charge in [-0.25, -0.2) is 16.8 Å². The van der Waals surface area contributed by atoms with Crippen LogP contribution >= 0.6 is 23.2 Å². The van der Waals surface area contributed by atoms with Crippen molar-refractivity contribution in [1.29, 1.82) is 0 Å². The summed E-state index contributed by atoms with van der Waals surface area (Å²) in [6.45, 7) is -0.526. The number of sulfonamides is 2. The zero-order valence-electron chi connectivity index (χ0n) is 15.8. The van der Waals surface area contributed by atoms with Gasteiger partial charge in [0.25, 0.3) is 0 Å². The molecule has 2 aromatic rings. The van der Waals surface area contributed by atoms with Gasteiger partial charge in [0.2, 0.25) is 26.0 Å². The third-order valence-corrected chi connectivity index (χ3v) is 6.60. The number of rotatable bonds is 7. The normalized spacial score (nSPS) is 11.8. The topological polar surface area (TPSA) is 104 Å². The lowest BCUT2D eigenvalue weighted by Crippen LogP contribution is -2.37. The zero-order valence-corrected chi connectivity index (χ0v) is 18.9. The average Bonchev–Trinajstić information content (AvgIpc) is 2.56. The summed E-state index contributed by atoms with van der Waals surface area (Å²) in [4.78, 5) is 12.5. The number of hydrogen-bond acceptors (Lipinski definition) is 5. The fourth-order valence-corrected chi connectivity index (χ4v) is 4.24. The number of amides is 1. The Hall–Kier alpha value is -2.01. The van der Waals surface area contributed by atoms with Crippen molar-refractivity contribution < 1.29 is 21.6 Å². The van der Waals surface area contributed by atoms with Gasteiger partial charge in [-0.3, -0.25) is 13.4 Å². The van der Waals surface area contributed by atoms with Crippen LogP contribution in [-0.4, -0.2) is 48.8 Å². The summed E-state index contributed by atoms with van der Waals surface area (Å²) >= 11 is 11.9. The number of halogens is 2. The first-order valence-electron chi connectivity index (χ1n) is 8.05. The van der Waals surface area contributed by atoms with Gasteiger partial charge in [-0.1, -0.05) is 29.3 Å². The Morgan fingerprint density at radius 3 is 2.03 bits per heavy atom. The van der Waals surface area contributed by atoms with E-state index in [2.05, 4.69) is 5.32 Å². The van der Waals surface area contributed by atoms with Crippen LogP contribution in [0, 0.1) is 0 Å². The maximum atomic E-state index is 12.5. The largest absolute Gasteiger partial charge is 0.324 e. The Labute approximate surface area is 180 Å². The van der Waals surface area contributed by atoms with Crippen molar-refractivity contribution in [3.63, 3.8) is 0 Å². The first kappa shape index (κ1) is 23.3. The van der Waals surface area contributed by atoms with Gasteiger partial charge in [0, 0.05) is 22.8 Å². The van der Waals surface area contributed by atoms with Crippen molar-refractivity contribution >= 4 is 66.2 Å². The van der Waals surface area contributed by atoms with E-state index in [9.17, 15) is 21.6 Å². The number of nitrogens with zero attached hydrogens (tertiary/aromatic N) is 2. The highest BCUT2D eigenvalue weighted by atomic mass is 35.5. The molecule has 0 saturated carbocycles. The molecule has 1 N–H and O–H groups in total. The molecule has 0 aliphatic carbocycles. The van der Waals surface area contributed by atoms with Gasteiger partial charge in [0.1, 0.15) is 6.54 Å². The molecule has 2 rings (SSSR count). The second kappa shape index (κ2) is 8.78. The lowest BCUT2D eigenvalue weighted by Gasteiger charge is -2.22. The number of nitrogens with one attached hydrogen (secondary N) is 1. The average molecular weight is 480 g/mol. The van der Waals surface area contributed by atoms with Gasteiger partial charge in [-0.15, -0.1) is 0 Å². The third-order valence-electron chi connectivity index (χ3n) is 3.81. The summed E-state index contributed by atoms with van der Waals surface area (Å²) in [6, 6.07) is 10.3. The van der Waals surface area contributed by atoms with Gasteiger partial charge in [0.05, 0.1) is 23.9 Å². The Morgan fingerprint density at radius 1 is 0.931 bits per heavy atom. The molecule has 0 radical (unpaired) electrons. The molecule has 2 aromatic carbocycles. The molecule has 158 valence electrons. The molecule has 0 aliphatic rings. The van der Waals surface area contributed by atoms with E-state index in [1.807, 2.05) is 0 Å². The SMILES string of the molecule is CN(c1cccc(NC(=O)CN(c2cc(Cl)cc(Cl)c2)S(C)(=O)=O)c1)S(C)(=O)=O. The van der Waals surface area contributed by atoms with E-state index in [0.29, 0.717) is 11.4 Å². The quantitative estimate of drug-likeness (QED) is 0.657. The summed E-state index contributed by atoms with van der Waals surface area (Å²) in [5, 5.41) is 3.00. The maximum absolute atomic E-state index is 12.5. The van der Waals surface area contributed by atoms with E-state index in [4.69, 9.17) is 23.2 Å². The van der Waals surface area contributed by atoms with Crippen LogP contribution in [0.1, 0.15) is 0 Å². The van der Waals surface area contributed by atoms with Crippen molar-refractivity contribution in [2.45, 2.75) is 0 Å². The van der Waals surface area contributed by atoms with Crippen LogP contribution in [-0.2, 0) is 24.8 Å². The Morgan fingerprint density at radius 2 is 1.52 bits per heavy atom. The molecule has 0 aliphatic heterocycles. The highest BCUT2D eigenvalue weighted by molar-refractivity contribution is 7.92. The predicted molar refractivity (Wildman–Crippen MR) is 117 cm³/mol. The van der Waals surface area contributed by atoms with E-state index in [1.54, 1.807) is 18.2 Å². The van der Waals surface area contributed by atoms with Crippen LogP contribution in [0.25, 0.3) is 0 Å². The zero-order chi connectivity index (χ0) is 22.0. The monoisotopic (exact) mass is 479 g/mol. The van der Waals surface area contributed by atoms with Crippen molar-refractivity contribution in [1.82, 2.24) is 0 Å². The summed E-state index contributed by atoms with van der Waals surface area (Å²) in [5.74, 6) is -0.634. The second-order valence-electron chi connectivity index (χ2n) is 6.23. The molecule has 0 spiro atoms. The lowest BCUT2D eigenvalue weighted by molar-refractivity contribution is -0.114. The molecule has 0 unspecified atom stereocenters. The molecule has 0 saturated heterocycles. The maximum Gasteiger partial charge on any atom is 0.245 e. The first-order chi connectivity index (χ1) is 13.3. The molecular formula is C17H19Cl2N3O5S2.